The van der Waals surface area contributed by atoms with Crippen LogP contribution < -0.4 is 5.32 Å². The molecule has 0 aromatic carbocycles. The van der Waals surface area contributed by atoms with Gasteiger partial charge in [-0.25, -0.2) is 0 Å². The van der Waals surface area contributed by atoms with Crippen molar-refractivity contribution in [3.8, 4) is 0 Å². The molecule has 2 unspecified atom stereocenters. The fraction of sp³-hybridized carbons (Fsp3) is 1.00. The molecule has 0 aromatic heterocycles. The normalized spacial score (nSPS) is 16.2. The number of nitrogens with zero attached hydrogens (tertiary/aromatic N) is 1. The van der Waals surface area contributed by atoms with Crippen LogP contribution >= 0.6 is 0 Å². The van der Waals surface area contributed by atoms with Crippen molar-refractivity contribution in [1.82, 2.24) is 10.2 Å². The molecular weight excluding hydrogens is 216 g/mol. The molecule has 0 aromatic rings. The molecule has 104 valence electrons. The first-order chi connectivity index (χ1) is 7.80. The zero-order chi connectivity index (χ0) is 13.5. The van der Waals surface area contributed by atoms with Crippen molar-refractivity contribution in [3.63, 3.8) is 0 Å². The maximum atomic E-state index is 9.99. The van der Waals surface area contributed by atoms with Crippen LogP contribution in [0.1, 0.15) is 34.6 Å². The van der Waals surface area contributed by atoms with Crippen LogP contribution in [0, 0.1) is 0 Å². The Morgan fingerprint density at radius 3 is 2.35 bits per heavy atom. The summed E-state index contributed by atoms with van der Waals surface area (Å²) in [5, 5.41) is 13.3. The molecule has 0 amide bonds. The van der Waals surface area contributed by atoms with E-state index >= 15 is 0 Å². The number of rotatable bonds is 8. The first kappa shape index (κ1) is 16.8. The number of aliphatic hydroxyl groups is 1. The van der Waals surface area contributed by atoms with Crippen molar-refractivity contribution < 1.29 is 9.84 Å². The summed E-state index contributed by atoms with van der Waals surface area (Å²) in [7, 11) is 1.71. The van der Waals surface area contributed by atoms with Gasteiger partial charge in [0.25, 0.3) is 0 Å². The van der Waals surface area contributed by atoms with Gasteiger partial charge in [-0.05, 0) is 34.2 Å². The summed E-state index contributed by atoms with van der Waals surface area (Å²) in [6, 6.07) is 0.342. The summed E-state index contributed by atoms with van der Waals surface area (Å²) in [5.41, 5.74) is 0.0518. The van der Waals surface area contributed by atoms with E-state index in [1.165, 1.54) is 0 Å². The van der Waals surface area contributed by atoms with E-state index in [0.717, 1.165) is 6.54 Å². The van der Waals surface area contributed by atoms with E-state index in [9.17, 15) is 5.11 Å². The third-order valence-electron chi connectivity index (χ3n) is 2.75. The molecule has 0 saturated heterocycles. The summed E-state index contributed by atoms with van der Waals surface area (Å²) in [6.45, 7) is 13.5. The summed E-state index contributed by atoms with van der Waals surface area (Å²) in [5.74, 6) is 0. The lowest BCUT2D eigenvalue weighted by atomic mass is 10.1. The van der Waals surface area contributed by atoms with E-state index in [4.69, 9.17) is 4.74 Å². The van der Waals surface area contributed by atoms with Gasteiger partial charge in [0.1, 0.15) is 0 Å². The van der Waals surface area contributed by atoms with Crippen molar-refractivity contribution in [2.24, 2.45) is 0 Å². The first-order valence-electron chi connectivity index (χ1n) is 6.46. The summed E-state index contributed by atoms with van der Waals surface area (Å²) in [4.78, 5) is 2.23. The quantitative estimate of drug-likeness (QED) is 0.673. The number of aliphatic hydroxyl groups excluding tert-OH is 1. The van der Waals surface area contributed by atoms with E-state index in [1.807, 2.05) is 0 Å². The minimum atomic E-state index is -0.339. The van der Waals surface area contributed by atoms with Crippen LogP contribution in [0.4, 0.5) is 0 Å². The van der Waals surface area contributed by atoms with Gasteiger partial charge in [-0.2, -0.15) is 0 Å². The molecule has 0 aliphatic carbocycles. The average molecular weight is 246 g/mol. The maximum Gasteiger partial charge on any atom is 0.0791 e. The fourth-order valence-corrected chi connectivity index (χ4v) is 1.73. The number of nitrogens with one attached hydrogen (secondary N) is 1. The molecule has 0 saturated carbocycles. The van der Waals surface area contributed by atoms with Gasteiger partial charge in [-0.3, -0.25) is 4.90 Å². The van der Waals surface area contributed by atoms with Gasteiger partial charge >= 0.3 is 0 Å². The molecule has 2 N–H and O–H groups in total. The van der Waals surface area contributed by atoms with E-state index < -0.39 is 0 Å². The lowest BCUT2D eigenvalue weighted by molar-refractivity contribution is 0.0560. The standard InChI is InChI=1S/C13H30N2O2/c1-7-15(11(2)10-17-6)9-12(16)8-14-13(3,4)5/h11-12,14,16H,7-10H2,1-6H3. The largest absolute Gasteiger partial charge is 0.390 e. The smallest absolute Gasteiger partial charge is 0.0791 e. The first-order valence-corrected chi connectivity index (χ1v) is 6.46. The van der Waals surface area contributed by atoms with Gasteiger partial charge < -0.3 is 15.2 Å². The third-order valence-corrected chi connectivity index (χ3v) is 2.75. The molecule has 0 radical (unpaired) electrons. The Labute approximate surface area is 106 Å². The predicted octanol–water partition coefficient (Wildman–Crippen LogP) is 1.09. The monoisotopic (exact) mass is 246 g/mol. The van der Waals surface area contributed by atoms with Crippen LogP contribution in [-0.2, 0) is 4.74 Å². The van der Waals surface area contributed by atoms with Crippen molar-refractivity contribution in [2.75, 3.05) is 33.4 Å². The fourth-order valence-electron chi connectivity index (χ4n) is 1.73. The minimum Gasteiger partial charge on any atom is -0.390 e. The highest BCUT2D eigenvalue weighted by atomic mass is 16.5. The molecule has 4 nitrogen and oxygen atoms in total. The SMILES string of the molecule is CCN(CC(O)CNC(C)(C)C)C(C)COC. The number of likely N-dealkylation sites (N-methyl/N-ethyl adjacent to an activating group) is 1. The molecule has 4 heteroatoms. The van der Waals surface area contributed by atoms with Crippen LogP contribution in [0.2, 0.25) is 0 Å². The highest BCUT2D eigenvalue weighted by molar-refractivity contribution is 4.76. The lowest BCUT2D eigenvalue weighted by Crippen LogP contribution is -2.47. The zero-order valence-corrected chi connectivity index (χ0v) is 12.3. The molecule has 0 aliphatic rings. The Morgan fingerprint density at radius 1 is 1.35 bits per heavy atom. The Bertz CT molecular complexity index is 192. The van der Waals surface area contributed by atoms with Crippen molar-refractivity contribution in [2.45, 2.75) is 52.3 Å². The predicted molar refractivity (Wildman–Crippen MR) is 72.3 cm³/mol. The number of methoxy groups -OCH3 is 1. The van der Waals surface area contributed by atoms with Crippen LogP contribution in [-0.4, -0.2) is 61.0 Å². The summed E-state index contributed by atoms with van der Waals surface area (Å²) in [6.07, 6.45) is -0.339. The summed E-state index contributed by atoms with van der Waals surface area (Å²) < 4.78 is 5.14. The van der Waals surface area contributed by atoms with Gasteiger partial charge in [0, 0.05) is 31.8 Å². The van der Waals surface area contributed by atoms with E-state index in [2.05, 4.69) is 44.8 Å². The number of β-amino-alcohol motifs (C(OH)–C–C–N with tert-alkyl or cyclic N) is 1. The Kier molecular flexibility index (Phi) is 7.96. The molecule has 2 atom stereocenters. The van der Waals surface area contributed by atoms with Gasteiger partial charge in [-0.1, -0.05) is 6.92 Å². The molecule has 0 fully saturated rings. The molecule has 0 spiro atoms. The Balaban J connectivity index is 4.01. The van der Waals surface area contributed by atoms with Gasteiger partial charge in [0.2, 0.25) is 0 Å². The average Bonchev–Trinajstić information content (AvgIpc) is 2.22. The van der Waals surface area contributed by atoms with E-state index in [0.29, 0.717) is 25.7 Å². The van der Waals surface area contributed by atoms with Gasteiger partial charge in [-0.15, -0.1) is 0 Å². The Morgan fingerprint density at radius 2 is 1.94 bits per heavy atom. The molecule has 0 bridgehead atoms. The third kappa shape index (κ3) is 8.55. The summed E-state index contributed by atoms with van der Waals surface area (Å²) >= 11 is 0. The number of ether oxygens (including phenoxy) is 1. The number of hydrogen-bond acceptors (Lipinski definition) is 4. The molecule has 0 heterocycles. The van der Waals surface area contributed by atoms with Crippen molar-refractivity contribution in [1.29, 1.82) is 0 Å². The van der Waals surface area contributed by atoms with E-state index in [1.54, 1.807) is 7.11 Å². The van der Waals surface area contributed by atoms with Crippen molar-refractivity contribution in [3.05, 3.63) is 0 Å². The molecular formula is C13H30N2O2. The van der Waals surface area contributed by atoms with Crippen molar-refractivity contribution >= 4 is 0 Å². The molecule has 0 aliphatic heterocycles. The van der Waals surface area contributed by atoms with Crippen LogP contribution in [0.5, 0.6) is 0 Å². The van der Waals surface area contributed by atoms with E-state index in [-0.39, 0.29) is 11.6 Å². The highest BCUT2D eigenvalue weighted by Crippen LogP contribution is 2.03. The van der Waals surface area contributed by atoms with Gasteiger partial charge in [0.15, 0.2) is 0 Å². The Hall–Kier alpha value is -0.160. The van der Waals surface area contributed by atoms with Gasteiger partial charge in [0.05, 0.1) is 12.7 Å². The lowest BCUT2D eigenvalue weighted by Gasteiger charge is -2.30. The minimum absolute atomic E-state index is 0.0518. The second-order valence-electron chi connectivity index (χ2n) is 5.68. The second-order valence-corrected chi connectivity index (χ2v) is 5.68. The van der Waals surface area contributed by atoms with Crippen LogP contribution in [0.15, 0.2) is 0 Å². The zero-order valence-electron chi connectivity index (χ0n) is 12.3. The topological polar surface area (TPSA) is 44.7 Å². The second kappa shape index (κ2) is 8.03. The van der Waals surface area contributed by atoms with Crippen LogP contribution in [0.25, 0.3) is 0 Å². The molecule has 17 heavy (non-hydrogen) atoms. The molecule has 0 rings (SSSR count). The maximum absolute atomic E-state index is 9.99. The van der Waals surface area contributed by atoms with Crippen LogP contribution in [0.3, 0.4) is 0 Å². The number of hydrogen-bond donors (Lipinski definition) is 2. The highest BCUT2D eigenvalue weighted by Gasteiger charge is 2.17.